The van der Waals surface area contributed by atoms with Gasteiger partial charge in [-0.3, -0.25) is 4.79 Å². The van der Waals surface area contributed by atoms with Crippen molar-refractivity contribution in [3.8, 4) is 0 Å². The van der Waals surface area contributed by atoms with Crippen LogP contribution >= 0.6 is 15.9 Å². The third kappa shape index (κ3) is 3.13. The van der Waals surface area contributed by atoms with E-state index in [1.165, 1.54) is 32.1 Å². The average molecular weight is 314 g/mol. The Labute approximate surface area is 116 Å². The summed E-state index contributed by atoms with van der Waals surface area (Å²) in [6.07, 6.45) is 9.36. The SMILES string of the molecule is CCC(Nc1cn[nH]c(=O)c1Br)C1CCCCC1. The van der Waals surface area contributed by atoms with Gasteiger partial charge in [0.2, 0.25) is 0 Å². The summed E-state index contributed by atoms with van der Waals surface area (Å²) >= 11 is 3.32. The Kier molecular flexibility index (Phi) is 4.80. The average Bonchev–Trinajstić information content (AvgIpc) is 2.41. The number of nitrogens with zero attached hydrogens (tertiary/aromatic N) is 1. The lowest BCUT2D eigenvalue weighted by Gasteiger charge is -2.31. The molecule has 1 aliphatic rings. The first kappa shape index (κ1) is 13.6. The van der Waals surface area contributed by atoms with E-state index in [0.29, 0.717) is 10.5 Å². The number of aromatic nitrogens is 2. The molecular weight excluding hydrogens is 294 g/mol. The third-order valence-corrected chi connectivity index (χ3v) is 4.58. The summed E-state index contributed by atoms with van der Waals surface area (Å²) in [5.41, 5.74) is 0.620. The summed E-state index contributed by atoms with van der Waals surface area (Å²) in [5, 5.41) is 9.74. The van der Waals surface area contributed by atoms with Crippen LogP contribution in [-0.4, -0.2) is 16.2 Å². The first-order chi connectivity index (χ1) is 8.72. The van der Waals surface area contributed by atoms with Gasteiger partial charge in [-0.2, -0.15) is 5.10 Å². The highest BCUT2D eigenvalue weighted by Gasteiger charge is 2.23. The van der Waals surface area contributed by atoms with Crippen molar-refractivity contribution in [3.05, 3.63) is 21.0 Å². The van der Waals surface area contributed by atoms with Crippen molar-refractivity contribution in [3.63, 3.8) is 0 Å². The van der Waals surface area contributed by atoms with Crippen LogP contribution in [0.3, 0.4) is 0 Å². The van der Waals surface area contributed by atoms with Gasteiger partial charge in [0.25, 0.3) is 5.56 Å². The minimum absolute atomic E-state index is 0.182. The van der Waals surface area contributed by atoms with Crippen molar-refractivity contribution in [2.24, 2.45) is 5.92 Å². The van der Waals surface area contributed by atoms with Gasteiger partial charge in [0.05, 0.1) is 11.9 Å². The van der Waals surface area contributed by atoms with E-state index in [4.69, 9.17) is 0 Å². The molecule has 100 valence electrons. The van der Waals surface area contributed by atoms with Crippen LogP contribution in [0.2, 0.25) is 0 Å². The van der Waals surface area contributed by atoms with Crippen LogP contribution in [0.15, 0.2) is 15.5 Å². The Balaban J connectivity index is 2.09. The maximum atomic E-state index is 11.5. The monoisotopic (exact) mass is 313 g/mol. The van der Waals surface area contributed by atoms with Crippen LogP contribution < -0.4 is 10.9 Å². The predicted molar refractivity (Wildman–Crippen MR) is 76.8 cm³/mol. The quantitative estimate of drug-likeness (QED) is 0.896. The number of halogens is 1. The molecule has 2 N–H and O–H groups in total. The smallest absolute Gasteiger partial charge is 0.280 e. The molecule has 1 unspecified atom stereocenters. The number of anilines is 1. The van der Waals surface area contributed by atoms with Crippen molar-refractivity contribution >= 4 is 21.6 Å². The minimum Gasteiger partial charge on any atom is -0.380 e. The molecule has 0 saturated heterocycles. The van der Waals surface area contributed by atoms with E-state index in [1.54, 1.807) is 6.20 Å². The number of rotatable bonds is 4. The van der Waals surface area contributed by atoms with Crippen molar-refractivity contribution in [1.82, 2.24) is 10.2 Å². The van der Waals surface area contributed by atoms with E-state index in [2.05, 4.69) is 38.4 Å². The maximum Gasteiger partial charge on any atom is 0.280 e. The highest BCUT2D eigenvalue weighted by Crippen LogP contribution is 2.30. The molecule has 1 aromatic heterocycles. The Morgan fingerprint density at radius 1 is 1.50 bits per heavy atom. The molecular formula is C13H20BrN3O. The molecule has 1 aromatic rings. The molecule has 0 bridgehead atoms. The Bertz CT molecular complexity index is 440. The van der Waals surface area contributed by atoms with Crippen LogP contribution in [0.1, 0.15) is 45.4 Å². The Morgan fingerprint density at radius 3 is 2.89 bits per heavy atom. The Morgan fingerprint density at radius 2 is 2.22 bits per heavy atom. The summed E-state index contributed by atoms with van der Waals surface area (Å²) < 4.78 is 0.548. The second-order valence-electron chi connectivity index (χ2n) is 4.98. The van der Waals surface area contributed by atoms with Gasteiger partial charge in [0, 0.05) is 6.04 Å². The molecule has 1 heterocycles. The zero-order valence-corrected chi connectivity index (χ0v) is 12.3. The molecule has 0 spiro atoms. The lowest BCUT2D eigenvalue weighted by atomic mass is 9.83. The number of nitrogens with one attached hydrogen (secondary N) is 2. The number of hydrogen-bond acceptors (Lipinski definition) is 3. The summed E-state index contributed by atoms with van der Waals surface area (Å²) in [6, 6.07) is 0.435. The van der Waals surface area contributed by atoms with Crippen molar-refractivity contribution in [2.75, 3.05) is 5.32 Å². The van der Waals surface area contributed by atoms with E-state index in [0.717, 1.165) is 18.0 Å². The molecule has 2 rings (SSSR count). The fourth-order valence-corrected chi connectivity index (χ4v) is 3.08. The van der Waals surface area contributed by atoms with Crippen LogP contribution in [0, 0.1) is 5.92 Å². The molecule has 5 heteroatoms. The van der Waals surface area contributed by atoms with Crippen LogP contribution in [0.25, 0.3) is 0 Å². The van der Waals surface area contributed by atoms with E-state index in [9.17, 15) is 4.79 Å². The van der Waals surface area contributed by atoms with Gasteiger partial charge in [0.15, 0.2) is 0 Å². The van der Waals surface area contributed by atoms with E-state index in [1.807, 2.05) is 0 Å². The number of aromatic amines is 1. The van der Waals surface area contributed by atoms with Crippen LogP contribution in [0.5, 0.6) is 0 Å². The zero-order valence-electron chi connectivity index (χ0n) is 10.7. The first-order valence-electron chi connectivity index (χ1n) is 6.72. The van der Waals surface area contributed by atoms with Crippen molar-refractivity contribution in [1.29, 1.82) is 0 Å². The van der Waals surface area contributed by atoms with Gasteiger partial charge >= 0.3 is 0 Å². The second-order valence-corrected chi connectivity index (χ2v) is 5.78. The summed E-state index contributed by atoms with van der Waals surface area (Å²) in [6.45, 7) is 2.20. The molecule has 0 amide bonds. The van der Waals surface area contributed by atoms with E-state index in [-0.39, 0.29) is 5.56 Å². The van der Waals surface area contributed by atoms with Crippen molar-refractivity contribution < 1.29 is 0 Å². The zero-order chi connectivity index (χ0) is 13.0. The Hall–Kier alpha value is -0.840. The predicted octanol–water partition coefficient (Wildman–Crippen LogP) is 3.30. The number of H-pyrrole nitrogens is 1. The second kappa shape index (κ2) is 6.36. The lowest BCUT2D eigenvalue weighted by Crippen LogP contribution is -2.31. The topological polar surface area (TPSA) is 57.8 Å². The van der Waals surface area contributed by atoms with Gasteiger partial charge in [-0.1, -0.05) is 26.2 Å². The normalized spacial score (nSPS) is 18.6. The molecule has 4 nitrogen and oxygen atoms in total. The van der Waals surface area contributed by atoms with Crippen molar-refractivity contribution in [2.45, 2.75) is 51.5 Å². The first-order valence-corrected chi connectivity index (χ1v) is 7.51. The van der Waals surface area contributed by atoms with Crippen LogP contribution in [0.4, 0.5) is 5.69 Å². The maximum absolute atomic E-state index is 11.5. The standard InChI is InChI=1S/C13H20BrN3O/c1-2-10(9-6-4-3-5-7-9)16-11-8-15-17-13(18)12(11)14/h8-10H,2-7H2,1H3,(H2,16,17,18). The van der Waals surface area contributed by atoms with E-state index < -0.39 is 0 Å². The molecule has 0 aromatic carbocycles. The fraction of sp³-hybridized carbons (Fsp3) is 0.692. The summed E-state index contributed by atoms with van der Waals surface area (Å²) in [5.74, 6) is 0.718. The van der Waals surface area contributed by atoms with Gasteiger partial charge in [-0.15, -0.1) is 0 Å². The molecule has 18 heavy (non-hydrogen) atoms. The van der Waals surface area contributed by atoms with E-state index >= 15 is 0 Å². The summed E-state index contributed by atoms with van der Waals surface area (Å²) in [7, 11) is 0. The molecule has 1 saturated carbocycles. The third-order valence-electron chi connectivity index (χ3n) is 3.80. The van der Waals surface area contributed by atoms with Gasteiger partial charge in [-0.25, -0.2) is 5.10 Å². The molecule has 1 fully saturated rings. The lowest BCUT2D eigenvalue weighted by molar-refractivity contribution is 0.313. The largest absolute Gasteiger partial charge is 0.380 e. The molecule has 0 radical (unpaired) electrons. The molecule has 1 aliphatic carbocycles. The minimum atomic E-state index is -0.182. The highest BCUT2D eigenvalue weighted by molar-refractivity contribution is 9.10. The van der Waals surface area contributed by atoms with Gasteiger partial charge in [0.1, 0.15) is 4.47 Å². The highest BCUT2D eigenvalue weighted by atomic mass is 79.9. The molecule has 1 atom stereocenters. The van der Waals surface area contributed by atoms with Crippen LogP contribution in [-0.2, 0) is 0 Å². The van der Waals surface area contributed by atoms with Gasteiger partial charge in [-0.05, 0) is 41.1 Å². The summed E-state index contributed by atoms with van der Waals surface area (Å²) in [4.78, 5) is 11.5. The number of hydrogen-bond donors (Lipinski definition) is 2. The van der Waals surface area contributed by atoms with Gasteiger partial charge < -0.3 is 5.32 Å². The molecule has 0 aliphatic heterocycles. The fourth-order valence-electron chi connectivity index (χ4n) is 2.77.